The van der Waals surface area contributed by atoms with Gasteiger partial charge >= 0.3 is 6.03 Å². The topological polar surface area (TPSA) is 97.6 Å². The van der Waals surface area contributed by atoms with Crippen LogP contribution in [0.2, 0.25) is 0 Å². The van der Waals surface area contributed by atoms with Crippen molar-refractivity contribution in [3.8, 4) is 5.95 Å². The Bertz CT molecular complexity index is 887. The summed E-state index contributed by atoms with van der Waals surface area (Å²) in [6.45, 7) is 1.82. The average molecular weight is 514 g/mol. The number of benzene rings is 1. The Labute approximate surface area is 165 Å². The molecular formula is C15H13BrIN7O. The predicted octanol–water partition coefficient (Wildman–Crippen LogP) is 3.31. The minimum atomic E-state index is -0.389. The van der Waals surface area contributed by atoms with Crippen LogP contribution in [0.25, 0.3) is 5.95 Å². The van der Waals surface area contributed by atoms with Crippen molar-refractivity contribution in [3.63, 3.8) is 0 Å². The molecule has 2 aromatic heterocycles. The second kappa shape index (κ2) is 7.87. The van der Waals surface area contributed by atoms with E-state index in [1.54, 1.807) is 18.5 Å². The molecule has 0 saturated carbocycles. The molecule has 0 bridgehead atoms. The number of rotatable bonds is 4. The van der Waals surface area contributed by atoms with Gasteiger partial charge in [-0.25, -0.2) is 19.7 Å². The molecule has 2 N–H and O–H groups in total. The van der Waals surface area contributed by atoms with Gasteiger partial charge in [0.15, 0.2) is 5.82 Å². The summed E-state index contributed by atoms with van der Waals surface area (Å²) in [5.74, 6) is 0.929. The molecule has 0 aliphatic rings. The third-order valence-electron chi connectivity index (χ3n) is 3.23. The van der Waals surface area contributed by atoms with E-state index in [4.69, 9.17) is 0 Å². The lowest BCUT2D eigenvalue weighted by molar-refractivity contribution is 0.248. The van der Waals surface area contributed by atoms with Gasteiger partial charge in [-0.15, -0.1) is 0 Å². The number of anilines is 1. The van der Waals surface area contributed by atoms with E-state index in [-0.39, 0.29) is 12.1 Å². The van der Waals surface area contributed by atoms with Crippen LogP contribution in [0.1, 0.15) is 18.8 Å². The first-order chi connectivity index (χ1) is 12.0. The van der Waals surface area contributed by atoms with Gasteiger partial charge in [-0.05, 0) is 53.8 Å². The molecule has 0 radical (unpaired) electrons. The second-order valence-corrected chi connectivity index (χ2v) is 7.10. The third-order valence-corrected chi connectivity index (χ3v) is 4.62. The highest BCUT2D eigenvalue weighted by Crippen LogP contribution is 2.22. The third kappa shape index (κ3) is 4.31. The Hall–Kier alpha value is -2.08. The first-order valence-electron chi connectivity index (χ1n) is 7.24. The van der Waals surface area contributed by atoms with Crippen molar-refractivity contribution in [1.29, 1.82) is 0 Å². The minimum absolute atomic E-state index is 0.337. The number of nitrogens with one attached hydrogen (secondary N) is 2. The summed E-state index contributed by atoms with van der Waals surface area (Å²) in [5, 5.41) is 9.79. The van der Waals surface area contributed by atoms with Crippen molar-refractivity contribution in [2.24, 2.45) is 0 Å². The number of nitrogens with zero attached hydrogens (tertiary/aromatic N) is 5. The lowest BCUT2D eigenvalue weighted by Gasteiger charge is -2.15. The Morgan fingerprint density at radius 2 is 2.04 bits per heavy atom. The van der Waals surface area contributed by atoms with Gasteiger partial charge in [-0.2, -0.15) is 9.78 Å². The number of urea groups is 1. The van der Waals surface area contributed by atoms with Crippen LogP contribution in [0.15, 0.2) is 47.5 Å². The number of halogens is 2. The molecular weight excluding hydrogens is 501 g/mol. The molecule has 0 saturated heterocycles. The zero-order valence-corrected chi connectivity index (χ0v) is 16.8. The van der Waals surface area contributed by atoms with Crippen LogP contribution in [-0.2, 0) is 0 Å². The van der Waals surface area contributed by atoms with Crippen LogP contribution >= 0.6 is 38.5 Å². The number of amides is 2. The molecule has 10 heteroatoms. The van der Waals surface area contributed by atoms with Crippen molar-refractivity contribution in [1.82, 2.24) is 30.0 Å². The first kappa shape index (κ1) is 17.7. The maximum absolute atomic E-state index is 12.3. The number of hydrogen-bond donors (Lipinski definition) is 2. The molecule has 25 heavy (non-hydrogen) atoms. The molecule has 0 aliphatic carbocycles. The van der Waals surface area contributed by atoms with Crippen LogP contribution < -0.4 is 10.6 Å². The summed E-state index contributed by atoms with van der Waals surface area (Å²) >= 11 is 5.56. The molecule has 3 rings (SSSR count). The summed E-state index contributed by atoms with van der Waals surface area (Å²) < 4.78 is 3.37. The predicted molar refractivity (Wildman–Crippen MR) is 104 cm³/mol. The quantitative estimate of drug-likeness (QED) is 0.521. The van der Waals surface area contributed by atoms with Crippen molar-refractivity contribution < 1.29 is 4.79 Å². The SMILES string of the molecule is C[C@H](NC(=O)Nc1ccc(Br)cc1I)c1ncnn1-c1ncccn1. The highest BCUT2D eigenvalue weighted by atomic mass is 127. The Kier molecular flexibility index (Phi) is 5.58. The summed E-state index contributed by atoms with van der Waals surface area (Å²) in [6, 6.07) is 6.61. The van der Waals surface area contributed by atoms with E-state index >= 15 is 0 Å². The van der Waals surface area contributed by atoms with Crippen LogP contribution in [0.4, 0.5) is 10.5 Å². The van der Waals surface area contributed by atoms with Crippen molar-refractivity contribution in [2.45, 2.75) is 13.0 Å². The lowest BCUT2D eigenvalue weighted by atomic mass is 10.3. The van der Waals surface area contributed by atoms with E-state index in [9.17, 15) is 4.79 Å². The van der Waals surface area contributed by atoms with E-state index in [1.165, 1.54) is 11.0 Å². The summed E-state index contributed by atoms with van der Waals surface area (Å²) in [7, 11) is 0. The van der Waals surface area contributed by atoms with Gasteiger partial charge in [0, 0.05) is 20.4 Å². The average Bonchev–Trinajstić information content (AvgIpc) is 3.08. The summed E-state index contributed by atoms with van der Waals surface area (Å²) in [6.07, 6.45) is 4.64. The molecule has 1 aromatic carbocycles. The van der Waals surface area contributed by atoms with Crippen molar-refractivity contribution in [2.75, 3.05) is 5.32 Å². The van der Waals surface area contributed by atoms with Crippen LogP contribution in [0, 0.1) is 3.57 Å². The Balaban J connectivity index is 1.71. The zero-order chi connectivity index (χ0) is 17.8. The normalized spacial score (nSPS) is 11.8. The van der Waals surface area contributed by atoms with Crippen LogP contribution in [0.3, 0.4) is 0 Å². The Morgan fingerprint density at radius 3 is 2.76 bits per heavy atom. The smallest absolute Gasteiger partial charge is 0.319 e. The number of hydrogen-bond acceptors (Lipinski definition) is 5. The molecule has 3 aromatic rings. The van der Waals surface area contributed by atoms with Crippen molar-refractivity contribution in [3.05, 3.63) is 56.9 Å². The maximum Gasteiger partial charge on any atom is 0.319 e. The molecule has 0 spiro atoms. The standard InChI is InChI=1S/C15H13BrIN7O/c1-9(13-20-8-21-24(13)14-18-5-2-6-19-14)22-15(25)23-12-4-3-10(16)7-11(12)17/h2-9H,1H3,(H2,22,23,25)/t9-/m0/s1. The van der Waals surface area contributed by atoms with E-state index < -0.39 is 0 Å². The van der Waals surface area contributed by atoms with Gasteiger partial charge in [-0.3, -0.25) is 0 Å². The highest BCUT2D eigenvalue weighted by molar-refractivity contribution is 14.1. The summed E-state index contributed by atoms with van der Waals surface area (Å²) in [4.78, 5) is 24.8. The van der Waals surface area contributed by atoms with Gasteiger partial charge < -0.3 is 10.6 Å². The summed E-state index contributed by atoms with van der Waals surface area (Å²) in [5.41, 5.74) is 0.723. The van der Waals surface area contributed by atoms with E-state index in [0.717, 1.165) is 13.7 Å². The molecule has 0 aliphatic heterocycles. The fraction of sp³-hybridized carbons (Fsp3) is 0.133. The highest BCUT2D eigenvalue weighted by Gasteiger charge is 2.18. The van der Waals surface area contributed by atoms with E-state index in [0.29, 0.717) is 11.8 Å². The molecule has 0 fully saturated rings. The second-order valence-electron chi connectivity index (χ2n) is 5.02. The molecule has 0 unspecified atom stereocenters. The molecule has 1 atom stereocenters. The van der Waals surface area contributed by atoms with Gasteiger partial charge in [0.1, 0.15) is 6.33 Å². The van der Waals surface area contributed by atoms with Gasteiger partial charge in [0.05, 0.1) is 11.7 Å². The van der Waals surface area contributed by atoms with E-state index in [2.05, 4.69) is 69.2 Å². The fourth-order valence-electron chi connectivity index (χ4n) is 2.11. The van der Waals surface area contributed by atoms with Crippen LogP contribution in [-0.4, -0.2) is 30.8 Å². The van der Waals surface area contributed by atoms with Crippen molar-refractivity contribution >= 4 is 50.2 Å². The van der Waals surface area contributed by atoms with Gasteiger partial charge in [0.25, 0.3) is 5.95 Å². The van der Waals surface area contributed by atoms with Gasteiger partial charge in [-0.1, -0.05) is 15.9 Å². The molecule has 2 heterocycles. The van der Waals surface area contributed by atoms with E-state index in [1.807, 2.05) is 25.1 Å². The lowest BCUT2D eigenvalue weighted by Crippen LogP contribution is -2.33. The number of carbonyl (C=O) groups excluding carboxylic acids is 1. The molecule has 128 valence electrons. The zero-order valence-electron chi connectivity index (χ0n) is 13.0. The van der Waals surface area contributed by atoms with Gasteiger partial charge in [0.2, 0.25) is 0 Å². The minimum Gasteiger partial charge on any atom is -0.328 e. The number of aromatic nitrogens is 5. The number of carbonyl (C=O) groups is 1. The first-order valence-corrected chi connectivity index (χ1v) is 9.11. The molecule has 8 nitrogen and oxygen atoms in total. The Morgan fingerprint density at radius 1 is 1.28 bits per heavy atom. The maximum atomic E-state index is 12.3. The molecule has 2 amide bonds. The monoisotopic (exact) mass is 513 g/mol. The van der Waals surface area contributed by atoms with Crippen LogP contribution in [0.5, 0.6) is 0 Å². The largest absolute Gasteiger partial charge is 0.328 e. The fourth-order valence-corrected chi connectivity index (χ4v) is 3.55.